The maximum absolute atomic E-state index is 13.7. The predicted molar refractivity (Wildman–Crippen MR) is 107 cm³/mol. The van der Waals surface area contributed by atoms with E-state index in [1.54, 1.807) is 24.3 Å². The number of para-hydroxylation sites is 2. The van der Waals surface area contributed by atoms with Gasteiger partial charge in [0.15, 0.2) is 0 Å². The second-order valence-corrected chi connectivity index (χ2v) is 8.54. The Kier molecular flexibility index (Phi) is 3.36. The Hall–Kier alpha value is -2.70. The number of hydrogen-bond acceptors (Lipinski definition) is 4. The van der Waals surface area contributed by atoms with E-state index >= 15 is 0 Å². The first-order valence-corrected chi connectivity index (χ1v) is 10.2. The van der Waals surface area contributed by atoms with Crippen LogP contribution in [0, 0.1) is 11.8 Å². The zero-order valence-electron chi connectivity index (χ0n) is 15.5. The van der Waals surface area contributed by atoms with Crippen LogP contribution in [0.4, 0.5) is 11.4 Å². The molecule has 4 aliphatic rings. The molecule has 0 radical (unpaired) electrons. The minimum atomic E-state index is -1.13. The third kappa shape index (κ3) is 1.89. The summed E-state index contributed by atoms with van der Waals surface area (Å²) in [6.07, 6.45) is 1.70. The van der Waals surface area contributed by atoms with Crippen LogP contribution < -0.4 is 10.2 Å². The van der Waals surface area contributed by atoms with Gasteiger partial charge in [-0.25, -0.2) is 4.90 Å². The minimum Gasteiger partial charge on any atom is -0.324 e. The highest BCUT2D eigenvalue weighted by atomic mass is 35.5. The summed E-state index contributed by atoms with van der Waals surface area (Å²) < 4.78 is 0. The maximum Gasteiger partial charge on any atom is 0.250 e. The van der Waals surface area contributed by atoms with Gasteiger partial charge in [-0.2, -0.15) is 0 Å². The molecule has 1 spiro atoms. The van der Waals surface area contributed by atoms with Crippen molar-refractivity contribution in [1.82, 2.24) is 4.90 Å². The lowest BCUT2D eigenvalue weighted by Gasteiger charge is -2.36. The summed E-state index contributed by atoms with van der Waals surface area (Å²) in [4.78, 5) is 44.0. The van der Waals surface area contributed by atoms with E-state index in [0.29, 0.717) is 17.3 Å². The number of hydrogen-bond donors (Lipinski definition) is 1. The molecular weight excluding hydrogens is 390 g/mol. The van der Waals surface area contributed by atoms with Crippen LogP contribution in [-0.4, -0.2) is 35.2 Å². The van der Waals surface area contributed by atoms with E-state index in [4.69, 9.17) is 11.6 Å². The van der Waals surface area contributed by atoms with Gasteiger partial charge in [0.2, 0.25) is 17.7 Å². The van der Waals surface area contributed by atoms with Crippen molar-refractivity contribution in [3.8, 4) is 0 Å². The van der Waals surface area contributed by atoms with Crippen molar-refractivity contribution in [2.45, 2.75) is 24.4 Å². The monoisotopic (exact) mass is 407 g/mol. The molecule has 3 saturated heterocycles. The summed E-state index contributed by atoms with van der Waals surface area (Å²) in [5, 5.41) is 3.32. The molecule has 146 valence electrons. The molecule has 0 unspecified atom stereocenters. The van der Waals surface area contributed by atoms with Gasteiger partial charge in [0.25, 0.3) is 0 Å². The first-order valence-electron chi connectivity index (χ1n) is 9.87. The summed E-state index contributed by atoms with van der Waals surface area (Å²) in [7, 11) is 0. The van der Waals surface area contributed by atoms with Gasteiger partial charge in [0.1, 0.15) is 5.54 Å². The van der Waals surface area contributed by atoms with Gasteiger partial charge in [-0.15, -0.1) is 0 Å². The van der Waals surface area contributed by atoms with Crippen molar-refractivity contribution in [1.29, 1.82) is 0 Å². The highest BCUT2D eigenvalue weighted by molar-refractivity contribution is 6.36. The number of anilines is 2. The molecule has 0 bridgehead atoms. The molecule has 3 amide bonds. The fourth-order valence-corrected chi connectivity index (χ4v) is 6.25. The van der Waals surface area contributed by atoms with Crippen molar-refractivity contribution < 1.29 is 14.4 Å². The Morgan fingerprint density at radius 1 is 1.00 bits per heavy atom. The van der Waals surface area contributed by atoms with Crippen LogP contribution in [0.5, 0.6) is 0 Å². The van der Waals surface area contributed by atoms with E-state index in [1.807, 2.05) is 24.3 Å². The van der Waals surface area contributed by atoms with Crippen molar-refractivity contribution in [2.75, 3.05) is 16.8 Å². The van der Waals surface area contributed by atoms with E-state index in [1.165, 1.54) is 4.90 Å². The number of nitrogens with one attached hydrogen (secondary N) is 1. The Morgan fingerprint density at radius 3 is 2.59 bits per heavy atom. The van der Waals surface area contributed by atoms with E-state index in [2.05, 4.69) is 10.2 Å². The second-order valence-electron chi connectivity index (χ2n) is 8.14. The summed E-state index contributed by atoms with van der Waals surface area (Å²) in [5.41, 5.74) is 0.780. The molecule has 2 aromatic rings. The smallest absolute Gasteiger partial charge is 0.250 e. The molecule has 0 aromatic heterocycles. The van der Waals surface area contributed by atoms with Gasteiger partial charge >= 0.3 is 0 Å². The minimum absolute atomic E-state index is 0.124. The molecule has 0 saturated carbocycles. The zero-order chi connectivity index (χ0) is 19.9. The lowest BCUT2D eigenvalue weighted by Crippen LogP contribution is -2.54. The van der Waals surface area contributed by atoms with Crippen molar-refractivity contribution in [2.24, 2.45) is 11.8 Å². The Balaban J connectivity index is 1.58. The molecule has 3 fully saturated rings. The topological polar surface area (TPSA) is 69.7 Å². The van der Waals surface area contributed by atoms with Crippen LogP contribution in [0.3, 0.4) is 0 Å². The second kappa shape index (κ2) is 5.68. The number of nitrogens with zero attached hydrogens (tertiary/aromatic N) is 2. The van der Waals surface area contributed by atoms with Gasteiger partial charge < -0.3 is 5.32 Å². The SMILES string of the molecule is O=C1[C@H]2[C@@H](C(=O)N1c1ccccc1Cl)[C@]1(C(=O)Nc3ccccc31)N1CCC[C@@H]21. The van der Waals surface area contributed by atoms with Crippen molar-refractivity contribution >= 4 is 40.7 Å². The van der Waals surface area contributed by atoms with Crippen LogP contribution in [0.15, 0.2) is 48.5 Å². The maximum atomic E-state index is 13.7. The molecule has 2 aromatic carbocycles. The van der Waals surface area contributed by atoms with E-state index < -0.39 is 17.4 Å². The van der Waals surface area contributed by atoms with Gasteiger partial charge in [-0.1, -0.05) is 41.9 Å². The van der Waals surface area contributed by atoms with Crippen molar-refractivity contribution in [3.05, 3.63) is 59.1 Å². The average Bonchev–Trinajstić information content (AvgIpc) is 3.41. The van der Waals surface area contributed by atoms with Crippen LogP contribution in [0.1, 0.15) is 18.4 Å². The normalized spacial score (nSPS) is 32.7. The largest absolute Gasteiger partial charge is 0.324 e. The van der Waals surface area contributed by atoms with Crippen LogP contribution in [-0.2, 0) is 19.9 Å². The highest BCUT2D eigenvalue weighted by Crippen LogP contribution is 2.60. The van der Waals surface area contributed by atoms with Crippen LogP contribution in [0.2, 0.25) is 5.02 Å². The summed E-state index contributed by atoms with van der Waals surface area (Å²) in [6.45, 7) is 0.700. The van der Waals surface area contributed by atoms with Crippen molar-refractivity contribution in [3.63, 3.8) is 0 Å². The number of imide groups is 1. The van der Waals surface area contributed by atoms with Gasteiger partial charge in [0.05, 0.1) is 22.5 Å². The molecule has 7 heteroatoms. The quantitative estimate of drug-likeness (QED) is 0.738. The van der Waals surface area contributed by atoms with Gasteiger partial charge in [0, 0.05) is 17.3 Å². The number of halogens is 1. The molecular formula is C22H18ClN3O3. The van der Waals surface area contributed by atoms with E-state index in [-0.39, 0.29) is 23.8 Å². The molecule has 6 nitrogen and oxygen atoms in total. The molecule has 0 aliphatic carbocycles. The zero-order valence-corrected chi connectivity index (χ0v) is 16.2. The Bertz CT molecular complexity index is 1100. The first kappa shape index (κ1) is 17.2. The Labute approximate surface area is 172 Å². The van der Waals surface area contributed by atoms with Crippen LogP contribution in [0.25, 0.3) is 0 Å². The molecule has 1 N–H and O–H groups in total. The van der Waals surface area contributed by atoms with Gasteiger partial charge in [-0.3, -0.25) is 19.3 Å². The van der Waals surface area contributed by atoms with E-state index in [9.17, 15) is 14.4 Å². The molecule has 29 heavy (non-hydrogen) atoms. The third-order valence-electron chi connectivity index (χ3n) is 6.99. The lowest BCUT2D eigenvalue weighted by atomic mass is 9.75. The predicted octanol–water partition coefficient (Wildman–Crippen LogP) is 2.77. The summed E-state index contributed by atoms with van der Waals surface area (Å²) >= 11 is 6.33. The number of fused-ring (bicyclic) bond motifs is 7. The third-order valence-corrected chi connectivity index (χ3v) is 7.31. The molecule has 4 aliphatic heterocycles. The lowest BCUT2D eigenvalue weighted by molar-refractivity contribution is -0.135. The number of carbonyl (C=O) groups excluding carboxylic acids is 3. The number of carbonyl (C=O) groups is 3. The molecule has 4 atom stereocenters. The number of amides is 3. The average molecular weight is 408 g/mol. The van der Waals surface area contributed by atoms with E-state index in [0.717, 1.165) is 24.1 Å². The standard InChI is InChI=1S/C22H18ClN3O3/c23-13-7-2-4-9-15(13)26-19(27)17-16-10-5-11-25(16)22(18(17)20(26)28)12-6-1-3-8-14(12)24-21(22)29/h1-4,6-9,16-18H,5,10-11H2,(H,24,29)/t16-,17+,18-,22+/m0/s1. The fraction of sp³-hybridized carbons (Fsp3) is 0.318. The summed E-state index contributed by atoms with van der Waals surface area (Å²) in [6, 6.07) is 14.2. The van der Waals surface area contributed by atoms with Gasteiger partial charge in [-0.05, 0) is 37.6 Å². The first-order chi connectivity index (χ1) is 14.1. The summed E-state index contributed by atoms with van der Waals surface area (Å²) in [5.74, 6) is -2.09. The molecule has 4 heterocycles. The molecule has 6 rings (SSSR count). The highest BCUT2D eigenvalue weighted by Gasteiger charge is 2.74. The Morgan fingerprint density at radius 2 is 1.76 bits per heavy atom. The van der Waals surface area contributed by atoms with Crippen LogP contribution >= 0.6 is 11.6 Å². The number of benzene rings is 2. The number of rotatable bonds is 1. The fourth-order valence-electron chi connectivity index (χ4n) is 6.03.